The molecule has 2 amide bonds. The lowest BCUT2D eigenvalue weighted by atomic mass is 9.85. The van der Waals surface area contributed by atoms with Crippen molar-refractivity contribution in [1.82, 2.24) is 9.80 Å². The normalized spacial score (nSPS) is 20.9. The van der Waals surface area contributed by atoms with Gasteiger partial charge in [-0.25, -0.2) is 0 Å². The molecule has 1 unspecified atom stereocenters. The second-order valence-electron chi connectivity index (χ2n) is 11.3. The molecule has 1 aromatic carbocycles. The summed E-state index contributed by atoms with van der Waals surface area (Å²) in [4.78, 5) is 42.7. The number of aliphatic hydroxyl groups is 1. The van der Waals surface area contributed by atoms with Gasteiger partial charge in [0, 0.05) is 47.1 Å². The average molecular weight is 547 g/mol. The van der Waals surface area contributed by atoms with Crippen molar-refractivity contribution in [2.24, 2.45) is 17.8 Å². The predicted molar refractivity (Wildman–Crippen MR) is 152 cm³/mol. The Labute approximate surface area is 235 Å². The van der Waals surface area contributed by atoms with E-state index in [1.807, 2.05) is 49.1 Å². The second kappa shape index (κ2) is 15.5. The number of Topliss-reactive ketones (excluding diaryl/α,β-unsaturated/α-hetero) is 1. The monoisotopic (exact) mass is 546 g/mol. The van der Waals surface area contributed by atoms with E-state index >= 15 is 0 Å². The van der Waals surface area contributed by atoms with Crippen LogP contribution < -0.4 is 0 Å². The summed E-state index contributed by atoms with van der Waals surface area (Å²) in [6, 6.07) is 8.93. The predicted octanol–water partition coefficient (Wildman–Crippen LogP) is 4.26. The maximum Gasteiger partial charge on any atom is 0.225 e. The zero-order valence-electron chi connectivity index (χ0n) is 25.1. The van der Waals surface area contributed by atoms with Gasteiger partial charge in [0.2, 0.25) is 11.8 Å². The molecule has 0 saturated carbocycles. The molecule has 0 bridgehead atoms. The third-order valence-electron chi connectivity index (χ3n) is 8.71. The number of methoxy groups -OCH3 is 2. The number of carbonyl (C=O) groups is 3. The number of ketones is 1. The molecule has 1 aromatic rings. The van der Waals surface area contributed by atoms with Crippen molar-refractivity contribution in [3.05, 3.63) is 35.9 Å². The molecule has 8 nitrogen and oxygen atoms in total. The Morgan fingerprint density at radius 2 is 1.69 bits per heavy atom. The Balaban J connectivity index is 2.13. The van der Waals surface area contributed by atoms with Crippen LogP contribution in [0, 0.1) is 17.8 Å². The van der Waals surface area contributed by atoms with Crippen molar-refractivity contribution in [3.8, 4) is 0 Å². The van der Waals surface area contributed by atoms with Crippen LogP contribution in [0.3, 0.4) is 0 Å². The highest BCUT2D eigenvalue weighted by atomic mass is 16.5. The number of likely N-dealkylation sites (tertiary alicyclic amines) is 1. The number of hydrogen-bond donors (Lipinski definition) is 1. The standard InChI is InChI=1S/C31H50N2O6/c1-9-20(2)29(32(6)23(5)34)27(38-7)19-28(36)33-17-13-16-25(33)31(39-8)22(4)26(35)18-21(3)30(37)24-14-11-10-12-15-24/h10-12,14-15,20-22,25,27,29-31,37H,9,13,16-19H2,1-8H3/t20-,21-,22-,25-,27+,29?,30+,31+/m0/s1. The highest BCUT2D eigenvalue weighted by Gasteiger charge is 2.41. The molecule has 220 valence electrons. The lowest BCUT2D eigenvalue weighted by Gasteiger charge is -2.39. The van der Waals surface area contributed by atoms with Gasteiger partial charge in [-0.15, -0.1) is 0 Å². The van der Waals surface area contributed by atoms with Crippen LogP contribution in [-0.2, 0) is 23.9 Å². The van der Waals surface area contributed by atoms with Gasteiger partial charge in [-0.1, -0.05) is 64.4 Å². The Morgan fingerprint density at radius 3 is 2.23 bits per heavy atom. The van der Waals surface area contributed by atoms with Crippen molar-refractivity contribution in [2.45, 2.75) is 97.1 Å². The molecule has 1 aliphatic heterocycles. The van der Waals surface area contributed by atoms with E-state index in [1.54, 1.807) is 26.2 Å². The lowest BCUT2D eigenvalue weighted by molar-refractivity contribution is -0.145. The van der Waals surface area contributed by atoms with Gasteiger partial charge < -0.3 is 24.4 Å². The number of likely N-dealkylation sites (N-methyl/N-ethyl adjacent to an activating group) is 1. The lowest BCUT2D eigenvalue weighted by Crippen LogP contribution is -2.52. The number of ether oxygens (including phenoxy) is 2. The first kappa shape index (κ1) is 32.9. The van der Waals surface area contributed by atoms with Gasteiger partial charge in [0.15, 0.2) is 0 Å². The highest BCUT2D eigenvalue weighted by Crippen LogP contribution is 2.31. The Hall–Kier alpha value is -2.29. The summed E-state index contributed by atoms with van der Waals surface area (Å²) in [5.41, 5.74) is 0.792. The molecular weight excluding hydrogens is 496 g/mol. The zero-order valence-corrected chi connectivity index (χ0v) is 25.1. The van der Waals surface area contributed by atoms with Gasteiger partial charge in [-0.2, -0.15) is 0 Å². The van der Waals surface area contributed by atoms with Gasteiger partial charge in [0.05, 0.1) is 36.8 Å². The van der Waals surface area contributed by atoms with E-state index in [-0.39, 0.29) is 54.4 Å². The van der Waals surface area contributed by atoms with Crippen molar-refractivity contribution >= 4 is 17.6 Å². The van der Waals surface area contributed by atoms with Crippen molar-refractivity contribution < 1.29 is 29.0 Å². The van der Waals surface area contributed by atoms with Gasteiger partial charge in [-0.05, 0) is 30.2 Å². The van der Waals surface area contributed by atoms with Crippen LogP contribution in [0.25, 0.3) is 0 Å². The molecule has 1 aliphatic rings. The van der Waals surface area contributed by atoms with Gasteiger partial charge in [0.1, 0.15) is 5.78 Å². The first-order valence-corrected chi connectivity index (χ1v) is 14.3. The maximum absolute atomic E-state index is 13.6. The van der Waals surface area contributed by atoms with Crippen LogP contribution in [0.2, 0.25) is 0 Å². The molecule has 1 N–H and O–H groups in total. The molecule has 39 heavy (non-hydrogen) atoms. The number of amides is 2. The SMILES string of the molecule is CC[C@H](C)C([C@@H](CC(=O)N1CCC[C@H]1[C@H](OC)[C@@H](C)C(=O)C[C@H](C)[C@@H](O)c1ccccc1)OC)N(C)C(C)=O. The number of nitrogens with zero attached hydrogens (tertiary/aromatic N) is 2. The number of rotatable bonds is 15. The Morgan fingerprint density at radius 1 is 1.05 bits per heavy atom. The minimum Gasteiger partial charge on any atom is -0.388 e. The fraction of sp³-hybridized carbons (Fsp3) is 0.710. The summed E-state index contributed by atoms with van der Waals surface area (Å²) >= 11 is 0. The summed E-state index contributed by atoms with van der Waals surface area (Å²) in [5.74, 6) is -0.633. The zero-order chi connectivity index (χ0) is 29.3. The average Bonchev–Trinajstić information content (AvgIpc) is 3.42. The van der Waals surface area contributed by atoms with Gasteiger partial charge in [0.25, 0.3) is 0 Å². The quantitative estimate of drug-likeness (QED) is 0.353. The Kier molecular flexibility index (Phi) is 13.1. The third-order valence-corrected chi connectivity index (χ3v) is 8.71. The van der Waals surface area contributed by atoms with Crippen LogP contribution in [0.1, 0.15) is 78.4 Å². The van der Waals surface area contributed by atoms with E-state index in [0.717, 1.165) is 24.8 Å². The summed E-state index contributed by atoms with van der Waals surface area (Å²) in [6.45, 7) is 10.0. The third kappa shape index (κ3) is 8.35. The van der Waals surface area contributed by atoms with Crippen LogP contribution >= 0.6 is 0 Å². The fourth-order valence-corrected chi connectivity index (χ4v) is 6.00. The molecule has 8 atom stereocenters. The minimum absolute atomic E-state index is 0.0123. The van der Waals surface area contributed by atoms with E-state index < -0.39 is 24.2 Å². The molecule has 0 radical (unpaired) electrons. The maximum atomic E-state index is 13.6. The molecular formula is C31H50N2O6. The first-order chi connectivity index (χ1) is 18.5. The largest absolute Gasteiger partial charge is 0.388 e. The summed E-state index contributed by atoms with van der Waals surface area (Å²) in [5, 5.41) is 10.8. The van der Waals surface area contributed by atoms with Crippen molar-refractivity contribution in [1.29, 1.82) is 0 Å². The molecule has 0 spiro atoms. The molecule has 8 heteroatoms. The topological polar surface area (TPSA) is 96.4 Å². The summed E-state index contributed by atoms with van der Waals surface area (Å²) in [7, 11) is 4.95. The molecule has 1 heterocycles. The Bertz CT molecular complexity index is 925. The van der Waals surface area contributed by atoms with E-state index in [9.17, 15) is 19.5 Å². The van der Waals surface area contributed by atoms with Crippen LogP contribution in [0.5, 0.6) is 0 Å². The number of benzene rings is 1. The number of hydrogen-bond acceptors (Lipinski definition) is 6. The molecule has 1 fully saturated rings. The van der Waals surface area contributed by atoms with E-state index in [0.29, 0.717) is 6.54 Å². The fourth-order valence-electron chi connectivity index (χ4n) is 6.00. The summed E-state index contributed by atoms with van der Waals surface area (Å²) in [6.07, 6.45) is 1.19. The van der Waals surface area contributed by atoms with Gasteiger partial charge >= 0.3 is 0 Å². The van der Waals surface area contributed by atoms with E-state index in [2.05, 4.69) is 13.8 Å². The number of aliphatic hydroxyl groups excluding tert-OH is 1. The van der Waals surface area contributed by atoms with Gasteiger partial charge in [-0.3, -0.25) is 14.4 Å². The van der Waals surface area contributed by atoms with Crippen LogP contribution in [0.4, 0.5) is 0 Å². The smallest absolute Gasteiger partial charge is 0.225 e. The van der Waals surface area contributed by atoms with Crippen LogP contribution in [0.15, 0.2) is 30.3 Å². The first-order valence-electron chi connectivity index (χ1n) is 14.3. The minimum atomic E-state index is -0.731. The molecule has 2 rings (SSSR count). The van der Waals surface area contributed by atoms with Crippen molar-refractivity contribution in [3.63, 3.8) is 0 Å². The van der Waals surface area contributed by atoms with Crippen LogP contribution in [-0.4, -0.2) is 84.6 Å². The summed E-state index contributed by atoms with van der Waals surface area (Å²) < 4.78 is 11.7. The highest BCUT2D eigenvalue weighted by molar-refractivity contribution is 5.82. The molecule has 0 aliphatic carbocycles. The molecule has 1 saturated heterocycles. The van der Waals surface area contributed by atoms with Crippen molar-refractivity contribution in [2.75, 3.05) is 27.8 Å². The van der Waals surface area contributed by atoms with E-state index in [1.165, 1.54) is 6.92 Å². The van der Waals surface area contributed by atoms with E-state index in [4.69, 9.17) is 9.47 Å². The number of carbonyl (C=O) groups excluding carboxylic acids is 3. The molecule has 0 aromatic heterocycles. The second-order valence-corrected chi connectivity index (χ2v) is 11.3.